The Hall–Kier alpha value is -2.87. The van der Waals surface area contributed by atoms with E-state index in [1.807, 2.05) is 36.7 Å². The second-order valence-corrected chi connectivity index (χ2v) is 9.92. The Morgan fingerprint density at radius 3 is 2.59 bits per heavy atom. The minimum absolute atomic E-state index is 0.0285. The molecule has 32 heavy (non-hydrogen) atoms. The minimum Gasteiger partial charge on any atom is -0.391 e. The number of aliphatic hydroxyl groups is 1. The molecule has 170 valence electrons. The summed E-state index contributed by atoms with van der Waals surface area (Å²) < 4.78 is 0. The predicted molar refractivity (Wildman–Crippen MR) is 122 cm³/mol. The average Bonchev–Trinajstić information content (AvgIpc) is 3.35. The van der Waals surface area contributed by atoms with E-state index in [0.29, 0.717) is 6.54 Å². The summed E-state index contributed by atoms with van der Waals surface area (Å²) in [7, 11) is 0. The first-order valence-electron chi connectivity index (χ1n) is 10.4. The summed E-state index contributed by atoms with van der Waals surface area (Å²) in [5, 5.41) is 13.0. The van der Waals surface area contributed by atoms with Crippen LogP contribution in [0.4, 0.5) is 0 Å². The number of thiazole rings is 1. The smallest absolute Gasteiger partial charge is 0.249 e. The maximum absolute atomic E-state index is 13.1. The van der Waals surface area contributed by atoms with E-state index in [-0.39, 0.29) is 18.9 Å². The van der Waals surface area contributed by atoms with E-state index >= 15 is 0 Å². The number of aliphatic imine (C=N–C) groups is 1. The van der Waals surface area contributed by atoms with Gasteiger partial charge in [0.1, 0.15) is 12.1 Å². The van der Waals surface area contributed by atoms with Gasteiger partial charge in [0.2, 0.25) is 17.9 Å². The number of hydrogen-bond donors (Lipinski definition) is 2. The van der Waals surface area contributed by atoms with Crippen molar-refractivity contribution in [3.63, 3.8) is 0 Å². The van der Waals surface area contributed by atoms with Crippen LogP contribution in [0.5, 0.6) is 0 Å². The van der Waals surface area contributed by atoms with Gasteiger partial charge in [-0.2, -0.15) is 4.99 Å². The molecule has 0 bridgehead atoms. The molecule has 2 aromatic rings. The molecule has 0 spiro atoms. The van der Waals surface area contributed by atoms with Crippen LogP contribution in [0.1, 0.15) is 38.4 Å². The SMILES string of the molecule is Cc1ncsc1-c1ccc(CNC(=O)C2CC(O)CN2C(=O)[C@@H](N=C=O)C(C)(C)C)cc1. The predicted octanol–water partition coefficient (Wildman–Crippen LogP) is 2.45. The van der Waals surface area contributed by atoms with Gasteiger partial charge in [0.15, 0.2) is 0 Å². The van der Waals surface area contributed by atoms with Gasteiger partial charge in [-0.15, -0.1) is 11.3 Å². The van der Waals surface area contributed by atoms with Crippen LogP contribution in [0.15, 0.2) is 34.8 Å². The number of nitrogens with zero attached hydrogens (tertiary/aromatic N) is 3. The van der Waals surface area contributed by atoms with Crippen molar-refractivity contribution in [2.24, 2.45) is 10.4 Å². The van der Waals surface area contributed by atoms with E-state index in [4.69, 9.17) is 0 Å². The van der Waals surface area contributed by atoms with Crippen LogP contribution < -0.4 is 5.32 Å². The van der Waals surface area contributed by atoms with E-state index in [0.717, 1.165) is 21.7 Å². The molecule has 0 radical (unpaired) electrons. The van der Waals surface area contributed by atoms with Crippen LogP contribution in [-0.4, -0.2) is 57.6 Å². The number of aryl methyl sites for hydroxylation is 1. The molecule has 2 unspecified atom stereocenters. The fourth-order valence-corrected chi connectivity index (χ4v) is 4.61. The third-order valence-corrected chi connectivity index (χ3v) is 6.51. The number of amides is 2. The zero-order valence-electron chi connectivity index (χ0n) is 18.7. The van der Waals surface area contributed by atoms with Crippen molar-refractivity contribution in [1.29, 1.82) is 0 Å². The fourth-order valence-electron chi connectivity index (χ4n) is 3.79. The minimum atomic E-state index is -0.969. The van der Waals surface area contributed by atoms with Gasteiger partial charge in [-0.1, -0.05) is 45.0 Å². The van der Waals surface area contributed by atoms with Crippen molar-refractivity contribution in [3.8, 4) is 10.4 Å². The van der Waals surface area contributed by atoms with Crippen LogP contribution in [0.25, 0.3) is 10.4 Å². The molecule has 8 nitrogen and oxygen atoms in total. The molecule has 1 aromatic heterocycles. The van der Waals surface area contributed by atoms with Gasteiger partial charge in [-0.3, -0.25) is 9.59 Å². The van der Waals surface area contributed by atoms with Crippen LogP contribution in [0, 0.1) is 12.3 Å². The van der Waals surface area contributed by atoms with Gasteiger partial charge < -0.3 is 15.3 Å². The Balaban J connectivity index is 1.67. The molecule has 2 N–H and O–H groups in total. The van der Waals surface area contributed by atoms with Crippen molar-refractivity contribution < 1.29 is 19.5 Å². The van der Waals surface area contributed by atoms with Crippen LogP contribution in [0.2, 0.25) is 0 Å². The highest BCUT2D eigenvalue weighted by atomic mass is 32.1. The van der Waals surface area contributed by atoms with Gasteiger partial charge >= 0.3 is 0 Å². The number of likely N-dealkylation sites (tertiary alicyclic amines) is 1. The summed E-state index contributed by atoms with van der Waals surface area (Å²) in [5.74, 6) is -0.804. The van der Waals surface area contributed by atoms with Crippen molar-refractivity contribution in [1.82, 2.24) is 15.2 Å². The second kappa shape index (κ2) is 9.73. The lowest BCUT2D eigenvalue weighted by Crippen LogP contribution is -2.51. The standard InChI is InChI=1S/C23H28N4O4S/c1-14-19(32-13-26-14)16-7-5-15(6-8-16)10-24-21(30)18-9-17(29)11-27(18)22(31)20(25-12-28)23(2,3)4/h5-8,13,17-18,20,29H,9-11H2,1-4H3,(H,24,30)/t17?,18?,20-/m1/s1. The summed E-state index contributed by atoms with van der Waals surface area (Å²) >= 11 is 1.58. The Morgan fingerprint density at radius 1 is 1.34 bits per heavy atom. The summed E-state index contributed by atoms with van der Waals surface area (Å²) in [6.45, 7) is 7.65. The van der Waals surface area contributed by atoms with Crippen molar-refractivity contribution in [2.75, 3.05) is 6.54 Å². The first kappa shape index (κ1) is 23.8. The Labute approximate surface area is 191 Å². The molecule has 1 aliphatic heterocycles. The molecule has 3 rings (SSSR count). The lowest BCUT2D eigenvalue weighted by atomic mass is 9.86. The van der Waals surface area contributed by atoms with Crippen molar-refractivity contribution in [2.45, 2.75) is 58.8 Å². The van der Waals surface area contributed by atoms with Crippen molar-refractivity contribution in [3.05, 3.63) is 41.0 Å². The molecule has 2 amide bonds. The molecule has 3 atom stereocenters. The normalized spacial score (nSPS) is 19.3. The van der Waals surface area contributed by atoms with E-state index in [1.54, 1.807) is 32.1 Å². The topological polar surface area (TPSA) is 112 Å². The van der Waals surface area contributed by atoms with E-state index < -0.39 is 29.5 Å². The summed E-state index contributed by atoms with van der Waals surface area (Å²) in [4.78, 5) is 47.2. The van der Waals surface area contributed by atoms with E-state index in [1.165, 1.54) is 11.0 Å². The highest BCUT2D eigenvalue weighted by Gasteiger charge is 2.44. The van der Waals surface area contributed by atoms with E-state index in [9.17, 15) is 19.5 Å². The lowest BCUT2D eigenvalue weighted by Gasteiger charge is -2.31. The number of carbonyl (C=O) groups excluding carboxylic acids is 3. The zero-order valence-corrected chi connectivity index (χ0v) is 19.5. The number of hydrogen-bond acceptors (Lipinski definition) is 7. The number of aromatic nitrogens is 1. The number of benzene rings is 1. The Bertz CT molecular complexity index is 1020. The maximum Gasteiger partial charge on any atom is 0.249 e. The van der Waals surface area contributed by atoms with Gasteiger partial charge in [-0.05, 0) is 23.5 Å². The van der Waals surface area contributed by atoms with Crippen LogP contribution in [0.3, 0.4) is 0 Å². The quantitative estimate of drug-likeness (QED) is 0.512. The number of aliphatic hydroxyl groups excluding tert-OH is 1. The number of β-amino-alcohol motifs (C(OH)–C–C–N with tert-alkyl or cyclic N) is 1. The third kappa shape index (κ3) is 5.30. The monoisotopic (exact) mass is 456 g/mol. The Kier molecular flexibility index (Phi) is 7.23. The van der Waals surface area contributed by atoms with Crippen molar-refractivity contribution >= 4 is 29.2 Å². The maximum atomic E-state index is 13.1. The van der Waals surface area contributed by atoms with Crippen LogP contribution >= 0.6 is 11.3 Å². The average molecular weight is 457 g/mol. The second-order valence-electron chi connectivity index (χ2n) is 9.07. The van der Waals surface area contributed by atoms with Gasteiger partial charge in [0.05, 0.1) is 22.2 Å². The molecule has 0 aliphatic carbocycles. The summed E-state index contributed by atoms with van der Waals surface area (Å²) in [5.41, 5.74) is 4.15. The lowest BCUT2D eigenvalue weighted by molar-refractivity contribution is -0.141. The first-order chi connectivity index (χ1) is 15.1. The molecule has 1 aromatic carbocycles. The zero-order chi connectivity index (χ0) is 23.5. The third-order valence-electron chi connectivity index (χ3n) is 5.53. The Morgan fingerprint density at radius 2 is 2.03 bits per heavy atom. The fraction of sp³-hybridized carbons (Fsp3) is 0.478. The number of nitrogens with one attached hydrogen (secondary N) is 1. The molecular weight excluding hydrogens is 428 g/mol. The largest absolute Gasteiger partial charge is 0.391 e. The van der Waals surface area contributed by atoms with Gasteiger partial charge in [-0.25, -0.2) is 9.78 Å². The van der Waals surface area contributed by atoms with E-state index in [2.05, 4.69) is 15.3 Å². The molecule has 9 heteroatoms. The highest BCUT2D eigenvalue weighted by molar-refractivity contribution is 7.13. The molecule has 1 saturated heterocycles. The molecule has 1 aliphatic rings. The number of isocyanates is 1. The van der Waals surface area contributed by atoms with Crippen LogP contribution in [-0.2, 0) is 20.9 Å². The molecule has 2 heterocycles. The highest BCUT2D eigenvalue weighted by Crippen LogP contribution is 2.29. The first-order valence-corrected chi connectivity index (χ1v) is 11.3. The number of rotatable bonds is 6. The van der Waals surface area contributed by atoms with Gasteiger partial charge in [0, 0.05) is 19.5 Å². The molecule has 1 fully saturated rings. The summed E-state index contributed by atoms with van der Waals surface area (Å²) in [6, 6.07) is 6.07. The molecule has 0 saturated carbocycles. The molecular formula is C23H28N4O4S. The van der Waals surface area contributed by atoms with Gasteiger partial charge in [0.25, 0.3) is 0 Å². The summed E-state index contributed by atoms with van der Waals surface area (Å²) in [6.07, 6.45) is 0.794. The number of carbonyl (C=O) groups is 2.